The third-order valence-electron chi connectivity index (χ3n) is 3.54. The van der Waals surface area contributed by atoms with Crippen LogP contribution in [0.3, 0.4) is 0 Å². The number of nitrogens with zero attached hydrogens (tertiary/aromatic N) is 1. The fourth-order valence-corrected chi connectivity index (χ4v) is 2.64. The number of halogens is 1. The van der Waals surface area contributed by atoms with E-state index in [1.165, 1.54) is 11.8 Å². The van der Waals surface area contributed by atoms with Crippen LogP contribution in [0.1, 0.15) is 12.1 Å². The Morgan fingerprint density at radius 2 is 2.25 bits per heavy atom. The van der Waals surface area contributed by atoms with Gasteiger partial charge in [-0.3, -0.25) is 0 Å². The molecule has 0 fully saturated rings. The van der Waals surface area contributed by atoms with Crippen LogP contribution in [0, 0.1) is 11.7 Å². The van der Waals surface area contributed by atoms with Gasteiger partial charge < -0.3 is 10.3 Å². The maximum atomic E-state index is 13.1. The second-order valence-corrected chi connectivity index (χ2v) is 4.58. The van der Waals surface area contributed by atoms with Crippen molar-refractivity contribution >= 4 is 10.9 Å². The molecule has 0 radical (unpaired) electrons. The molecule has 3 rings (SSSR count). The summed E-state index contributed by atoms with van der Waals surface area (Å²) in [6.07, 6.45) is 2.15. The Morgan fingerprint density at radius 1 is 1.38 bits per heavy atom. The van der Waals surface area contributed by atoms with Crippen molar-refractivity contribution in [2.24, 2.45) is 11.7 Å². The summed E-state index contributed by atoms with van der Waals surface area (Å²) >= 11 is 0. The van der Waals surface area contributed by atoms with Gasteiger partial charge in [-0.15, -0.1) is 0 Å². The van der Waals surface area contributed by atoms with Crippen molar-refractivity contribution in [3.63, 3.8) is 0 Å². The zero-order valence-corrected chi connectivity index (χ0v) is 9.12. The normalized spacial score (nSPS) is 20.0. The van der Waals surface area contributed by atoms with E-state index >= 15 is 0 Å². The highest BCUT2D eigenvalue weighted by molar-refractivity contribution is 5.81. The minimum atomic E-state index is -0.161. The van der Waals surface area contributed by atoms with Crippen LogP contribution >= 0.6 is 0 Å². The molecule has 0 saturated heterocycles. The lowest BCUT2D eigenvalue weighted by atomic mass is 9.96. The molecule has 1 unspecified atom stereocenters. The predicted octanol–water partition coefficient (Wildman–Crippen LogP) is 2.30. The van der Waals surface area contributed by atoms with Gasteiger partial charge in [-0.2, -0.15) is 0 Å². The molecule has 2 heterocycles. The quantitative estimate of drug-likeness (QED) is 0.782. The number of benzene rings is 1. The molecular formula is C13H15FN2. The fourth-order valence-electron chi connectivity index (χ4n) is 2.64. The second-order valence-electron chi connectivity index (χ2n) is 4.58. The van der Waals surface area contributed by atoms with Crippen LogP contribution in [0.5, 0.6) is 0 Å². The van der Waals surface area contributed by atoms with Gasteiger partial charge in [0.05, 0.1) is 0 Å². The highest BCUT2D eigenvalue weighted by Gasteiger charge is 2.19. The molecule has 3 heteroatoms. The van der Waals surface area contributed by atoms with Crippen LogP contribution in [0.2, 0.25) is 0 Å². The van der Waals surface area contributed by atoms with E-state index in [1.54, 1.807) is 6.07 Å². The lowest BCUT2D eigenvalue weighted by Crippen LogP contribution is -2.24. The van der Waals surface area contributed by atoms with Crippen LogP contribution in [-0.2, 0) is 13.0 Å². The Kier molecular flexibility index (Phi) is 2.21. The molecule has 0 spiro atoms. The van der Waals surface area contributed by atoms with Crippen molar-refractivity contribution in [1.29, 1.82) is 0 Å². The van der Waals surface area contributed by atoms with Crippen LogP contribution in [0.15, 0.2) is 24.3 Å². The number of fused-ring (bicyclic) bond motifs is 3. The summed E-state index contributed by atoms with van der Waals surface area (Å²) in [6.45, 7) is 1.75. The minimum Gasteiger partial charge on any atom is -0.345 e. The molecule has 84 valence electrons. The lowest BCUT2D eigenvalue weighted by Gasteiger charge is -2.23. The summed E-state index contributed by atoms with van der Waals surface area (Å²) in [6, 6.07) is 7.11. The first kappa shape index (κ1) is 9.85. The average molecular weight is 218 g/mol. The monoisotopic (exact) mass is 218 g/mol. The van der Waals surface area contributed by atoms with Gasteiger partial charge in [0, 0.05) is 23.1 Å². The van der Waals surface area contributed by atoms with Crippen molar-refractivity contribution in [3.8, 4) is 0 Å². The third-order valence-corrected chi connectivity index (χ3v) is 3.54. The summed E-state index contributed by atoms with van der Waals surface area (Å²) < 4.78 is 15.4. The Balaban J connectivity index is 2.12. The van der Waals surface area contributed by atoms with Crippen LogP contribution in [0.4, 0.5) is 4.39 Å². The minimum absolute atomic E-state index is 0.161. The van der Waals surface area contributed by atoms with E-state index in [1.807, 2.05) is 6.07 Å². The summed E-state index contributed by atoms with van der Waals surface area (Å²) in [5.41, 5.74) is 8.15. The van der Waals surface area contributed by atoms with E-state index in [0.29, 0.717) is 5.92 Å². The van der Waals surface area contributed by atoms with E-state index in [2.05, 4.69) is 10.6 Å². The van der Waals surface area contributed by atoms with Gasteiger partial charge in [0.25, 0.3) is 0 Å². The van der Waals surface area contributed by atoms with Crippen molar-refractivity contribution < 1.29 is 4.39 Å². The zero-order chi connectivity index (χ0) is 11.1. The molecule has 1 aromatic heterocycles. The summed E-state index contributed by atoms with van der Waals surface area (Å²) in [7, 11) is 0. The van der Waals surface area contributed by atoms with E-state index in [0.717, 1.165) is 36.8 Å². The van der Waals surface area contributed by atoms with E-state index < -0.39 is 0 Å². The number of hydrogen-bond donors (Lipinski definition) is 1. The first-order valence-electron chi connectivity index (χ1n) is 5.75. The average Bonchev–Trinajstić information content (AvgIpc) is 2.64. The highest BCUT2D eigenvalue weighted by Crippen LogP contribution is 2.28. The molecule has 1 aliphatic rings. The van der Waals surface area contributed by atoms with Gasteiger partial charge in [-0.1, -0.05) is 0 Å². The molecule has 1 aromatic carbocycles. The molecule has 0 amide bonds. The van der Waals surface area contributed by atoms with Gasteiger partial charge in [-0.25, -0.2) is 4.39 Å². The van der Waals surface area contributed by atoms with Crippen LogP contribution < -0.4 is 5.73 Å². The molecule has 0 saturated carbocycles. The predicted molar refractivity (Wildman–Crippen MR) is 62.8 cm³/mol. The standard InChI is InChI=1S/C13H15FN2/c14-11-1-2-13-10(6-11)7-12-5-9(8-15)3-4-16(12)13/h1-2,6-7,9H,3-5,8,15H2. The summed E-state index contributed by atoms with van der Waals surface area (Å²) in [5.74, 6) is 0.424. The maximum Gasteiger partial charge on any atom is 0.123 e. The van der Waals surface area contributed by atoms with Crippen molar-refractivity contribution in [2.75, 3.05) is 6.54 Å². The first-order chi connectivity index (χ1) is 7.78. The van der Waals surface area contributed by atoms with Gasteiger partial charge in [0.15, 0.2) is 0 Å². The molecule has 0 bridgehead atoms. The molecule has 2 aromatic rings. The highest BCUT2D eigenvalue weighted by atomic mass is 19.1. The number of aromatic nitrogens is 1. The lowest BCUT2D eigenvalue weighted by molar-refractivity contribution is 0.402. The second kappa shape index (κ2) is 3.59. The molecule has 2 nitrogen and oxygen atoms in total. The molecular weight excluding hydrogens is 203 g/mol. The Bertz CT molecular complexity index is 530. The van der Waals surface area contributed by atoms with Crippen LogP contribution in [0.25, 0.3) is 10.9 Å². The zero-order valence-electron chi connectivity index (χ0n) is 9.12. The maximum absolute atomic E-state index is 13.1. The Labute approximate surface area is 93.9 Å². The largest absolute Gasteiger partial charge is 0.345 e. The van der Waals surface area contributed by atoms with Gasteiger partial charge in [0.2, 0.25) is 0 Å². The van der Waals surface area contributed by atoms with E-state index in [9.17, 15) is 4.39 Å². The fraction of sp³-hybridized carbons (Fsp3) is 0.385. The smallest absolute Gasteiger partial charge is 0.123 e. The van der Waals surface area contributed by atoms with E-state index in [4.69, 9.17) is 5.73 Å². The van der Waals surface area contributed by atoms with Crippen molar-refractivity contribution in [3.05, 3.63) is 35.8 Å². The van der Waals surface area contributed by atoms with Gasteiger partial charge in [-0.05, 0) is 49.6 Å². The molecule has 16 heavy (non-hydrogen) atoms. The SMILES string of the molecule is NCC1CCn2c(cc3cc(F)ccc32)C1. The number of aryl methyl sites for hydroxylation is 1. The van der Waals surface area contributed by atoms with Crippen molar-refractivity contribution in [1.82, 2.24) is 4.57 Å². The third kappa shape index (κ3) is 1.43. The molecule has 1 aliphatic heterocycles. The Hall–Kier alpha value is -1.35. The van der Waals surface area contributed by atoms with Gasteiger partial charge >= 0.3 is 0 Å². The van der Waals surface area contributed by atoms with Crippen LogP contribution in [-0.4, -0.2) is 11.1 Å². The molecule has 0 aliphatic carbocycles. The summed E-state index contributed by atoms with van der Waals surface area (Å²) in [5, 5.41) is 1.01. The van der Waals surface area contributed by atoms with E-state index in [-0.39, 0.29) is 5.82 Å². The number of hydrogen-bond acceptors (Lipinski definition) is 1. The molecule has 2 N–H and O–H groups in total. The molecule has 1 atom stereocenters. The number of nitrogens with two attached hydrogens (primary N) is 1. The number of rotatable bonds is 1. The van der Waals surface area contributed by atoms with Gasteiger partial charge in [0.1, 0.15) is 5.82 Å². The van der Waals surface area contributed by atoms with Crippen molar-refractivity contribution in [2.45, 2.75) is 19.4 Å². The Morgan fingerprint density at radius 3 is 3.06 bits per heavy atom. The topological polar surface area (TPSA) is 30.9 Å². The summed E-state index contributed by atoms with van der Waals surface area (Å²) in [4.78, 5) is 0. The first-order valence-corrected chi connectivity index (χ1v) is 5.75.